The first-order chi connectivity index (χ1) is 19.6. The number of ether oxygens (including phenoxy) is 3. The van der Waals surface area contributed by atoms with Crippen LogP contribution in [0.1, 0.15) is 6.42 Å². The third kappa shape index (κ3) is 9.09. The van der Waals surface area contributed by atoms with E-state index in [1.165, 1.54) is 18.5 Å². The summed E-state index contributed by atoms with van der Waals surface area (Å²) in [6.45, 7) is 5.00. The number of aliphatic hydroxyl groups excluding tert-OH is 2. The third-order valence-electron chi connectivity index (χ3n) is 5.89. The maximum absolute atomic E-state index is 13.5. The van der Waals surface area contributed by atoms with Crippen LogP contribution in [0.4, 0.5) is 15.9 Å². The van der Waals surface area contributed by atoms with E-state index in [4.69, 9.17) is 46.2 Å². The Kier molecular flexibility index (Phi) is 11.8. The summed E-state index contributed by atoms with van der Waals surface area (Å²) in [5.74, 6) is -2.23. The lowest BCUT2D eigenvalue weighted by molar-refractivity contribution is -0.165. The minimum Gasteiger partial charge on any atom is -0.493 e. The van der Waals surface area contributed by atoms with Crippen molar-refractivity contribution in [2.75, 3.05) is 51.9 Å². The molecule has 15 heteroatoms. The van der Waals surface area contributed by atoms with Gasteiger partial charge in [0.1, 0.15) is 18.0 Å². The molecule has 1 aromatic heterocycles. The molecule has 5 N–H and O–H groups in total. The van der Waals surface area contributed by atoms with Crippen LogP contribution in [0.25, 0.3) is 10.9 Å². The molecule has 0 aliphatic carbocycles. The van der Waals surface area contributed by atoms with Crippen molar-refractivity contribution in [3.8, 4) is 11.5 Å². The molecule has 0 amide bonds. The van der Waals surface area contributed by atoms with Crippen molar-refractivity contribution in [2.24, 2.45) is 0 Å². The van der Waals surface area contributed by atoms with Crippen LogP contribution < -0.4 is 14.8 Å². The summed E-state index contributed by atoms with van der Waals surface area (Å²) in [4.78, 5) is 30.6. The number of hydrogen-bond donors (Lipinski definition) is 5. The second-order valence-corrected chi connectivity index (χ2v) is 9.13. The first-order valence-electron chi connectivity index (χ1n) is 12.4. The monoisotopic (exact) mass is 596 g/mol. The number of anilines is 2. The molecule has 41 heavy (non-hydrogen) atoms. The zero-order chi connectivity index (χ0) is 29.9. The molecule has 1 aliphatic rings. The van der Waals surface area contributed by atoms with Gasteiger partial charge in [-0.15, -0.1) is 0 Å². The number of aliphatic hydroxyl groups is 2. The topological polar surface area (TPSA) is 184 Å². The number of morpholine rings is 1. The molecule has 0 bridgehead atoms. The number of aromatic nitrogens is 2. The Morgan fingerprint density at radius 2 is 1.78 bits per heavy atom. The zero-order valence-electron chi connectivity index (χ0n) is 22.0. The van der Waals surface area contributed by atoms with Gasteiger partial charge in [0.05, 0.1) is 37.5 Å². The fourth-order valence-electron chi connectivity index (χ4n) is 3.71. The molecule has 1 aliphatic heterocycles. The highest BCUT2D eigenvalue weighted by molar-refractivity contribution is 6.31. The lowest BCUT2D eigenvalue weighted by Crippen LogP contribution is -2.39. The van der Waals surface area contributed by atoms with Crippen molar-refractivity contribution >= 4 is 45.9 Å². The lowest BCUT2D eigenvalue weighted by Gasteiger charge is -2.26. The van der Waals surface area contributed by atoms with Crippen molar-refractivity contribution < 1.29 is 48.6 Å². The predicted molar refractivity (Wildman–Crippen MR) is 145 cm³/mol. The van der Waals surface area contributed by atoms with E-state index in [0.717, 1.165) is 44.7 Å². The number of nitrogens with zero attached hydrogens (tertiary/aromatic N) is 3. The molecular formula is C26H30ClFN4O9. The number of carboxylic acids is 2. The summed E-state index contributed by atoms with van der Waals surface area (Å²) in [5, 5.41) is 36.5. The zero-order valence-corrected chi connectivity index (χ0v) is 22.8. The number of halogens is 2. The van der Waals surface area contributed by atoms with Crippen LogP contribution in [0.5, 0.6) is 11.5 Å². The van der Waals surface area contributed by atoms with E-state index in [0.29, 0.717) is 35.1 Å². The van der Waals surface area contributed by atoms with Gasteiger partial charge in [-0.1, -0.05) is 11.6 Å². The molecular weight excluding hydrogens is 567 g/mol. The smallest absolute Gasteiger partial charge is 0.335 e. The SMILES string of the molecule is COc1cc2ncnc(Nc3ccc(F)c(Cl)c3)c2cc1OCCCN1CCOCC1.O=C(O)C(O)C(O)C(=O)O. The Morgan fingerprint density at radius 3 is 2.39 bits per heavy atom. The quantitative estimate of drug-likeness (QED) is 0.203. The molecule has 0 saturated carbocycles. The molecule has 3 aromatic rings. The molecule has 0 radical (unpaired) electrons. The van der Waals surface area contributed by atoms with E-state index in [1.807, 2.05) is 12.1 Å². The minimum absolute atomic E-state index is 0.0364. The molecule has 1 saturated heterocycles. The Labute approximate surface area is 239 Å². The van der Waals surface area contributed by atoms with Crippen LogP contribution in [-0.4, -0.2) is 106 Å². The molecule has 2 heterocycles. The second-order valence-electron chi connectivity index (χ2n) is 8.72. The van der Waals surface area contributed by atoms with Crippen molar-refractivity contribution in [3.05, 3.63) is 47.5 Å². The van der Waals surface area contributed by atoms with Crippen molar-refractivity contribution in [1.29, 1.82) is 0 Å². The summed E-state index contributed by atoms with van der Waals surface area (Å²) in [7, 11) is 1.60. The predicted octanol–water partition coefficient (Wildman–Crippen LogP) is 2.15. The summed E-state index contributed by atoms with van der Waals surface area (Å²) in [6, 6.07) is 8.09. The number of rotatable bonds is 11. The number of fused-ring (bicyclic) bond motifs is 1. The van der Waals surface area contributed by atoms with Gasteiger partial charge < -0.3 is 40.0 Å². The molecule has 2 atom stereocenters. The van der Waals surface area contributed by atoms with E-state index in [1.54, 1.807) is 13.2 Å². The standard InChI is InChI=1S/C22H24ClFN4O3.C4H6O6/c1-29-20-13-19-16(12-21(20)31-8-2-5-28-6-9-30-10-7-28)22(26-14-25-19)27-15-3-4-18(24)17(23)11-15;5-1(3(7)8)2(6)4(9)10/h3-4,11-14H,2,5-10H2,1H3,(H,25,26,27);1-2,5-6H,(H,7,8)(H,9,10). The Balaban J connectivity index is 0.000000397. The highest BCUT2D eigenvalue weighted by Gasteiger charge is 2.29. The van der Waals surface area contributed by atoms with Crippen molar-refractivity contribution in [3.63, 3.8) is 0 Å². The van der Waals surface area contributed by atoms with E-state index in [-0.39, 0.29) is 5.02 Å². The Hall–Kier alpha value is -3.82. The number of aliphatic carboxylic acids is 2. The first kappa shape index (κ1) is 31.7. The van der Waals surface area contributed by atoms with Crippen LogP contribution >= 0.6 is 11.6 Å². The van der Waals surface area contributed by atoms with Gasteiger partial charge >= 0.3 is 11.9 Å². The number of hydrogen-bond acceptors (Lipinski definition) is 11. The molecule has 2 unspecified atom stereocenters. The molecule has 0 spiro atoms. The van der Waals surface area contributed by atoms with E-state index >= 15 is 0 Å². The number of benzene rings is 2. The van der Waals surface area contributed by atoms with Crippen molar-refractivity contribution in [2.45, 2.75) is 18.6 Å². The number of methoxy groups -OCH3 is 1. The molecule has 2 aromatic carbocycles. The Bertz CT molecular complexity index is 1330. The maximum atomic E-state index is 13.5. The summed E-state index contributed by atoms with van der Waals surface area (Å²) in [5.41, 5.74) is 1.32. The van der Waals surface area contributed by atoms with E-state index < -0.39 is 30.0 Å². The van der Waals surface area contributed by atoms with Gasteiger partial charge in [0, 0.05) is 36.8 Å². The summed E-state index contributed by atoms with van der Waals surface area (Å²) >= 11 is 5.90. The maximum Gasteiger partial charge on any atom is 0.335 e. The fourth-order valence-corrected chi connectivity index (χ4v) is 3.89. The molecule has 13 nitrogen and oxygen atoms in total. The average molecular weight is 597 g/mol. The summed E-state index contributed by atoms with van der Waals surface area (Å²) < 4.78 is 30.4. The average Bonchev–Trinajstić information content (AvgIpc) is 2.97. The largest absolute Gasteiger partial charge is 0.493 e. The minimum atomic E-state index is -2.27. The van der Waals surface area contributed by atoms with Crippen LogP contribution in [0.2, 0.25) is 5.02 Å². The van der Waals surface area contributed by atoms with Crippen LogP contribution in [0.15, 0.2) is 36.7 Å². The first-order valence-corrected chi connectivity index (χ1v) is 12.8. The van der Waals surface area contributed by atoms with Gasteiger partial charge in [-0.2, -0.15) is 0 Å². The number of nitrogens with one attached hydrogen (secondary N) is 1. The lowest BCUT2D eigenvalue weighted by atomic mass is 10.2. The van der Waals surface area contributed by atoms with E-state index in [9.17, 15) is 14.0 Å². The normalized spacial score (nSPS) is 14.9. The van der Waals surface area contributed by atoms with Gasteiger partial charge in [0.2, 0.25) is 0 Å². The van der Waals surface area contributed by atoms with Crippen LogP contribution in [-0.2, 0) is 14.3 Å². The molecule has 4 rings (SSSR count). The van der Waals surface area contributed by atoms with E-state index in [2.05, 4.69) is 20.2 Å². The molecule has 1 fully saturated rings. The van der Waals surface area contributed by atoms with Gasteiger partial charge in [-0.25, -0.2) is 23.9 Å². The van der Waals surface area contributed by atoms with Gasteiger partial charge in [0.15, 0.2) is 23.7 Å². The second kappa shape index (κ2) is 15.3. The van der Waals surface area contributed by atoms with Gasteiger partial charge in [-0.05, 0) is 30.7 Å². The third-order valence-corrected chi connectivity index (χ3v) is 6.18. The van der Waals surface area contributed by atoms with Crippen molar-refractivity contribution in [1.82, 2.24) is 14.9 Å². The summed E-state index contributed by atoms with van der Waals surface area (Å²) in [6.07, 6.45) is -2.18. The fraction of sp³-hybridized carbons (Fsp3) is 0.385. The van der Waals surface area contributed by atoms with Crippen LogP contribution in [0.3, 0.4) is 0 Å². The van der Waals surface area contributed by atoms with Gasteiger partial charge in [0.25, 0.3) is 0 Å². The number of carbonyl (C=O) groups is 2. The highest BCUT2D eigenvalue weighted by Crippen LogP contribution is 2.35. The van der Waals surface area contributed by atoms with Gasteiger partial charge in [-0.3, -0.25) is 4.90 Å². The Morgan fingerprint density at radius 1 is 1.10 bits per heavy atom. The number of carboxylic acid groups (broad SMARTS) is 2. The van der Waals surface area contributed by atoms with Crippen LogP contribution in [0, 0.1) is 5.82 Å². The highest BCUT2D eigenvalue weighted by atomic mass is 35.5. The molecule has 222 valence electrons.